The molecule has 2 saturated heterocycles. The van der Waals surface area contributed by atoms with E-state index in [1.807, 2.05) is 75.1 Å². The SMILES string of the molecule is C/C(=C\C=C/C(C)OCCO)c1cccc2c1/C(=C/c1[nH]c(C)c(C(=O)N3CCCC(N4CCCC4)CC3)c1C)C(=O)N2. The van der Waals surface area contributed by atoms with Gasteiger partial charge in [-0.3, -0.25) is 9.59 Å². The summed E-state index contributed by atoms with van der Waals surface area (Å²) in [5.41, 5.74) is 7.40. The highest BCUT2D eigenvalue weighted by molar-refractivity contribution is 6.35. The number of likely N-dealkylation sites (tertiary alicyclic amines) is 2. The molecular formula is C35H46N4O4. The molecule has 1 aromatic heterocycles. The Bertz CT molecular complexity index is 1430. The number of carbonyl (C=O) groups excluding carboxylic acids is 2. The van der Waals surface area contributed by atoms with Gasteiger partial charge in [-0.05, 0) is 102 Å². The molecule has 5 rings (SSSR count). The minimum atomic E-state index is -0.156. The number of amides is 2. The normalized spacial score (nSPS) is 21.5. The molecule has 0 radical (unpaired) electrons. The summed E-state index contributed by atoms with van der Waals surface area (Å²) in [6.45, 7) is 12.1. The molecule has 3 N–H and O–H groups in total. The Balaban J connectivity index is 1.38. The number of hydrogen-bond acceptors (Lipinski definition) is 5. The fraction of sp³-hybridized carbons (Fsp3) is 0.486. The molecule has 2 amide bonds. The number of aromatic amines is 1. The van der Waals surface area contributed by atoms with E-state index in [1.54, 1.807) is 0 Å². The van der Waals surface area contributed by atoms with E-state index in [1.165, 1.54) is 25.9 Å². The zero-order valence-electron chi connectivity index (χ0n) is 26.0. The molecule has 0 spiro atoms. The van der Waals surface area contributed by atoms with Crippen molar-refractivity contribution in [3.05, 3.63) is 70.1 Å². The van der Waals surface area contributed by atoms with Crippen LogP contribution in [0.15, 0.2) is 36.4 Å². The largest absolute Gasteiger partial charge is 0.394 e. The Morgan fingerprint density at radius 1 is 1.14 bits per heavy atom. The van der Waals surface area contributed by atoms with Gasteiger partial charge in [0.2, 0.25) is 0 Å². The number of benzene rings is 1. The number of aliphatic hydroxyl groups is 1. The summed E-state index contributed by atoms with van der Waals surface area (Å²) >= 11 is 0. The standard InChI is InChI=1S/C35H46N4O4/c1-23(10-7-11-24(2)43-21-20-40)28-13-8-14-30-33(28)29(34(41)37-30)22-31-25(3)32(26(4)36-31)35(42)39-18-9-12-27(15-19-39)38-16-5-6-17-38/h7-8,10-11,13-14,22,24,27,36,40H,5-6,9,12,15-21H2,1-4H3,(H,37,41)/b11-7-,23-10+,29-22-. The number of H-pyrrole nitrogens is 1. The first-order valence-corrected chi connectivity index (χ1v) is 15.7. The van der Waals surface area contributed by atoms with E-state index in [-0.39, 0.29) is 24.5 Å². The Kier molecular flexibility index (Phi) is 10.0. The zero-order valence-corrected chi connectivity index (χ0v) is 26.0. The number of aromatic nitrogens is 1. The minimum Gasteiger partial charge on any atom is -0.394 e. The Morgan fingerprint density at radius 2 is 1.93 bits per heavy atom. The number of rotatable bonds is 9. The second-order valence-electron chi connectivity index (χ2n) is 12.1. The predicted octanol–water partition coefficient (Wildman–Crippen LogP) is 5.57. The van der Waals surface area contributed by atoms with Gasteiger partial charge in [0.25, 0.3) is 11.8 Å². The molecule has 2 unspecified atom stereocenters. The van der Waals surface area contributed by atoms with Gasteiger partial charge < -0.3 is 29.9 Å². The number of ether oxygens (including phenoxy) is 1. The Hall–Kier alpha value is -3.46. The quantitative estimate of drug-likeness (QED) is 0.264. The molecule has 1 aromatic carbocycles. The molecule has 4 heterocycles. The molecule has 0 aliphatic carbocycles. The second-order valence-corrected chi connectivity index (χ2v) is 12.1. The highest BCUT2D eigenvalue weighted by Gasteiger charge is 2.31. The van der Waals surface area contributed by atoms with Crippen molar-refractivity contribution in [3.63, 3.8) is 0 Å². The van der Waals surface area contributed by atoms with Gasteiger partial charge >= 0.3 is 0 Å². The van der Waals surface area contributed by atoms with Gasteiger partial charge in [0.15, 0.2) is 0 Å². The van der Waals surface area contributed by atoms with Gasteiger partial charge in [-0.25, -0.2) is 0 Å². The van der Waals surface area contributed by atoms with Crippen molar-refractivity contribution in [2.75, 3.05) is 44.7 Å². The lowest BCUT2D eigenvalue weighted by Gasteiger charge is -2.26. The van der Waals surface area contributed by atoms with Crippen LogP contribution in [-0.4, -0.2) is 83.2 Å². The topological polar surface area (TPSA) is 97.9 Å². The number of fused-ring (bicyclic) bond motifs is 1. The van der Waals surface area contributed by atoms with E-state index in [2.05, 4.69) is 15.2 Å². The van der Waals surface area contributed by atoms with Crippen molar-refractivity contribution in [1.29, 1.82) is 0 Å². The average molecular weight is 587 g/mol. The van der Waals surface area contributed by atoms with Gasteiger partial charge in [-0.2, -0.15) is 0 Å². The van der Waals surface area contributed by atoms with Crippen LogP contribution < -0.4 is 5.32 Å². The van der Waals surface area contributed by atoms with Crippen LogP contribution in [0.2, 0.25) is 0 Å². The molecule has 3 aliphatic heterocycles. The number of nitrogens with one attached hydrogen (secondary N) is 2. The second kappa shape index (κ2) is 13.9. The molecule has 8 nitrogen and oxygen atoms in total. The maximum Gasteiger partial charge on any atom is 0.256 e. The molecule has 3 aliphatic rings. The van der Waals surface area contributed by atoms with Crippen LogP contribution in [0.25, 0.3) is 17.2 Å². The molecule has 2 atom stereocenters. The number of nitrogens with zero attached hydrogens (tertiary/aromatic N) is 2. The molecule has 43 heavy (non-hydrogen) atoms. The van der Waals surface area contributed by atoms with Gasteiger partial charge in [0, 0.05) is 41.8 Å². The van der Waals surface area contributed by atoms with Crippen molar-refractivity contribution in [1.82, 2.24) is 14.8 Å². The van der Waals surface area contributed by atoms with Crippen molar-refractivity contribution in [2.45, 2.75) is 71.9 Å². The third-order valence-corrected chi connectivity index (χ3v) is 9.07. The molecule has 8 heteroatoms. The number of allylic oxidation sites excluding steroid dienone is 3. The Morgan fingerprint density at radius 3 is 2.70 bits per heavy atom. The van der Waals surface area contributed by atoms with Crippen LogP contribution in [-0.2, 0) is 9.53 Å². The van der Waals surface area contributed by atoms with E-state index < -0.39 is 0 Å². The fourth-order valence-electron chi connectivity index (χ4n) is 6.75. The number of anilines is 1. The first kappa shape index (κ1) is 31.0. The van der Waals surface area contributed by atoms with E-state index >= 15 is 0 Å². The maximum atomic E-state index is 13.8. The van der Waals surface area contributed by atoms with E-state index in [0.29, 0.717) is 18.2 Å². The van der Waals surface area contributed by atoms with E-state index in [4.69, 9.17) is 9.84 Å². The van der Waals surface area contributed by atoms with Gasteiger partial charge in [0.05, 0.1) is 30.5 Å². The summed E-state index contributed by atoms with van der Waals surface area (Å²) in [6, 6.07) is 6.47. The predicted molar refractivity (Wildman–Crippen MR) is 173 cm³/mol. The van der Waals surface area contributed by atoms with Crippen LogP contribution in [0.5, 0.6) is 0 Å². The monoisotopic (exact) mass is 586 g/mol. The number of hydrogen-bond donors (Lipinski definition) is 3. The lowest BCUT2D eigenvalue weighted by atomic mass is 9.94. The lowest BCUT2D eigenvalue weighted by molar-refractivity contribution is -0.110. The van der Waals surface area contributed by atoms with Crippen LogP contribution in [0.3, 0.4) is 0 Å². The van der Waals surface area contributed by atoms with Gasteiger partial charge in [0.1, 0.15) is 0 Å². The average Bonchev–Trinajstić information content (AvgIpc) is 3.64. The van der Waals surface area contributed by atoms with Gasteiger partial charge in [-0.15, -0.1) is 0 Å². The van der Waals surface area contributed by atoms with E-state index in [9.17, 15) is 9.59 Å². The molecule has 230 valence electrons. The van der Waals surface area contributed by atoms with Crippen molar-refractivity contribution < 1.29 is 19.4 Å². The number of aliphatic hydroxyl groups excluding tert-OH is 1. The van der Waals surface area contributed by atoms with Crippen LogP contribution >= 0.6 is 0 Å². The zero-order chi connectivity index (χ0) is 30.5. The maximum absolute atomic E-state index is 13.8. The summed E-state index contributed by atoms with van der Waals surface area (Å²) in [4.78, 5) is 35.1. The van der Waals surface area contributed by atoms with Crippen LogP contribution in [0, 0.1) is 13.8 Å². The summed E-state index contributed by atoms with van der Waals surface area (Å²) in [7, 11) is 0. The van der Waals surface area contributed by atoms with E-state index in [0.717, 1.165) is 77.3 Å². The van der Waals surface area contributed by atoms with Crippen LogP contribution in [0.1, 0.15) is 84.4 Å². The summed E-state index contributed by atoms with van der Waals surface area (Å²) < 4.78 is 5.50. The lowest BCUT2D eigenvalue weighted by Crippen LogP contribution is -2.35. The highest BCUT2D eigenvalue weighted by atomic mass is 16.5. The summed E-state index contributed by atoms with van der Waals surface area (Å²) in [5, 5.41) is 12.0. The fourth-order valence-corrected chi connectivity index (χ4v) is 6.75. The minimum absolute atomic E-state index is 0.00760. The number of aryl methyl sites for hydroxylation is 1. The number of carbonyl (C=O) groups is 2. The molecule has 0 saturated carbocycles. The van der Waals surface area contributed by atoms with Crippen molar-refractivity contribution in [2.24, 2.45) is 0 Å². The third-order valence-electron chi connectivity index (χ3n) is 9.07. The molecule has 2 aromatic rings. The smallest absolute Gasteiger partial charge is 0.256 e. The first-order chi connectivity index (χ1) is 20.8. The highest BCUT2D eigenvalue weighted by Crippen LogP contribution is 2.39. The molecular weight excluding hydrogens is 540 g/mol. The molecule has 2 fully saturated rings. The third kappa shape index (κ3) is 6.87. The van der Waals surface area contributed by atoms with Crippen molar-refractivity contribution in [3.8, 4) is 0 Å². The Labute approximate surface area is 255 Å². The van der Waals surface area contributed by atoms with Crippen LogP contribution in [0.4, 0.5) is 5.69 Å². The first-order valence-electron chi connectivity index (χ1n) is 15.7. The molecule has 0 bridgehead atoms. The summed E-state index contributed by atoms with van der Waals surface area (Å²) in [5.74, 6) is -0.0745. The van der Waals surface area contributed by atoms with Gasteiger partial charge in [-0.1, -0.05) is 30.4 Å². The van der Waals surface area contributed by atoms with Crippen molar-refractivity contribution >= 4 is 34.7 Å². The summed E-state index contributed by atoms with van der Waals surface area (Å²) in [6.07, 6.45) is 13.4.